The molecule has 2 amide bonds. The summed E-state index contributed by atoms with van der Waals surface area (Å²) in [5, 5.41) is 5.54. The molecular formula is C10H13IN2O. The maximum Gasteiger partial charge on any atom is 0.319 e. The minimum absolute atomic E-state index is 0.143. The van der Waals surface area contributed by atoms with Crippen LogP contribution in [-0.4, -0.2) is 12.6 Å². The van der Waals surface area contributed by atoms with E-state index in [0.717, 1.165) is 15.7 Å². The molecule has 1 aromatic carbocycles. The Balaban J connectivity index is 2.52. The molecule has 0 heterocycles. The van der Waals surface area contributed by atoms with Crippen molar-refractivity contribution in [1.29, 1.82) is 0 Å². The van der Waals surface area contributed by atoms with Crippen LogP contribution in [-0.2, 0) is 0 Å². The minimum atomic E-state index is -0.143. The van der Waals surface area contributed by atoms with Gasteiger partial charge >= 0.3 is 6.03 Å². The van der Waals surface area contributed by atoms with E-state index in [4.69, 9.17) is 0 Å². The number of amides is 2. The average Bonchev–Trinajstić information content (AvgIpc) is 2.18. The SMILES string of the molecule is CCCNC(=O)Nc1ccccc1I. The second kappa shape index (κ2) is 5.85. The van der Waals surface area contributed by atoms with E-state index >= 15 is 0 Å². The molecule has 3 nitrogen and oxygen atoms in total. The lowest BCUT2D eigenvalue weighted by atomic mass is 10.3. The van der Waals surface area contributed by atoms with Crippen LogP contribution in [0.1, 0.15) is 13.3 Å². The summed E-state index contributed by atoms with van der Waals surface area (Å²) < 4.78 is 1.04. The molecule has 1 aromatic rings. The van der Waals surface area contributed by atoms with Crippen molar-refractivity contribution in [3.8, 4) is 0 Å². The first-order valence-corrected chi connectivity index (χ1v) is 5.61. The number of carbonyl (C=O) groups is 1. The van der Waals surface area contributed by atoms with Crippen LogP contribution in [0.25, 0.3) is 0 Å². The zero-order chi connectivity index (χ0) is 10.4. The monoisotopic (exact) mass is 304 g/mol. The van der Waals surface area contributed by atoms with Crippen molar-refractivity contribution in [2.75, 3.05) is 11.9 Å². The molecule has 0 aliphatic carbocycles. The second-order valence-corrected chi connectivity index (χ2v) is 4.02. The Kier molecular flexibility index (Phi) is 4.72. The van der Waals surface area contributed by atoms with Crippen LogP contribution in [0.5, 0.6) is 0 Å². The highest BCUT2D eigenvalue weighted by atomic mass is 127. The Hall–Kier alpha value is -0.780. The average molecular weight is 304 g/mol. The Morgan fingerprint density at radius 2 is 2.14 bits per heavy atom. The highest BCUT2D eigenvalue weighted by Gasteiger charge is 2.02. The van der Waals surface area contributed by atoms with E-state index in [2.05, 4.69) is 33.2 Å². The van der Waals surface area contributed by atoms with E-state index in [1.165, 1.54) is 0 Å². The van der Waals surface area contributed by atoms with Crippen molar-refractivity contribution in [1.82, 2.24) is 5.32 Å². The summed E-state index contributed by atoms with van der Waals surface area (Å²) in [7, 11) is 0. The van der Waals surface area contributed by atoms with Gasteiger partial charge < -0.3 is 10.6 Å². The fourth-order valence-corrected chi connectivity index (χ4v) is 1.49. The zero-order valence-corrected chi connectivity index (χ0v) is 10.2. The number of hydrogen-bond donors (Lipinski definition) is 2. The molecule has 4 heteroatoms. The van der Waals surface area contributed by atoms with Gasteiger partial charge in [-0.05, 0) is 41.1 Å². The summed E-state index contributed by atoms with van der Waals surface area (Å²) in [6.45, 7) is 2.72. The summed E-state index contributed by atoms with van der Waals surface area (Å²) in [6, 6.07) is 7.54. The van der Waals surface area contributed by atoms with Crippen molar-refractivity contribution in [2.24, 2.45) is 0 Å². The Labute approximate surface area is 97.4 Å². The smallest absolute Gasteiger partial charge is 0.319 e. The Morgan fingerprint density at radius 3 is 2.79 bits per heavy atom. The fraction of sp³-hybridized carbons (Fsp3) is 0.300. The van der Waals surface area contributed by atoms with E-state index in [1.54, 1.807) is 0 Å². The molecule has 2 N–H and O–H groups in total. The summed E-state index contributed by atoms with van der Waals surface area (Å²) in [4.78, 5) is 11.3. The van der Waals surface area contributed by atoms with Crippen LogP contribution >= 0.6 is 22.6 Å². The first kappa shape index (κ1) is 11.3. The molecule has 1 rings (SSSR count). The molecule has 0 unspecified atom stereocenters. The van der Waals surface area contributed by atoms with Gasteiger partial charge in [0.1, 0.15) is 0 Å². The number of nitrogens with one attached hydrogen (secondary N) is 2. The van der Waals surface area contributed by atoms with Gasteiger partial charge in [0.15, 0.2) is 0 Å². The number of rotatable bonds is 3. The van der Waals surface area contributed by atoms with Gasteiger partial charge in [-0.2, -0.15) is 0 Å². The third kappa shape index (κ3) is 3.53. The molecule has 0 aliphatic rings. The number of halogens is 1. The third-order valence-electron chi connectivity index (χ3n) is 1.66. The van der Waals surface area contributed by atoms with E-state index < -0.39 is 0 Å². The van der Waals surface area contributed by atoms with Gasteiger partial charge in [-0.1, -0.05) is 19.1 Å². The van der Waals surface area contributed by atoms with Crippen LogP contribution in [0.3, 0.4) is 0 Å². The molecule has 0 saturated heterocycles. The fourth-order valence-electron chi connectivity index (χ4n) is 0.968. The van der Waals surface area contributed by atoms with Gasteiger partial charge in [-0.15, -0.1) is 0 Å². The van der Waals surface area contributed by atoms with E-state index in [1.807, 2.05) is 31.2 Å². The number of benzene rings is 1. The lowest BCUT2D eigenvalue weighted by molar-refractivity contribution is 0.252. The molecule has 0 aromatic heterocycles. The van der Waals surface area contributed by atoms with E-state index in [-0.39, 0.29) is 6.03 Å². The number of hydrogen-bond acceptors (Lipinski definition) is 1. The van der Waals surface area contributed by atoms with E-state index in [9.17, 15) is 4.79 Å². The maximum atomic E-state index is 11.3. The molecule has 0 bridgehead atoms. The van der Waals surface area contributed by atoms with Gasteiger partial charge in [0.25, 0.3) is 0 Å². The van der Waals surface area contributed by atoms with Crippen LogP contribution in [0.15, 0.2) is 24.3 Å². The van der Waals surface area contributed by atoms with Crippen molar-refractivity contribution in [3.63, 3.8) is 0 Å². The van der Waals surface area contributed by atoms with Gasteiger partial charge in [0.2, 0.25) is 0 Å². The quantitative estimate of drug-likeness (QED) is 0.828. The Morgan fingerprint density at radius 1 is 1.43 bits per heavy atom. The second-order valence-electron chi connectivity index (χ2n) is 2.86. The molecule has 0 spiro atoms. The molecule has 0 saturated carbocycles. The standard InChI is InChI=1S/C10H13IN2O/c1-2-7-12-10(14)13-9-6-4-3-5-8(9)11/h3-6H,2,7H2,1H3,(H2,12,13,14). The van der Waals surface area contributed by atoms with Gasteiger partial charge in [0, 0.05) is 10.1 Å². The van der Waals surface area contributed by atoms with Crippen LogP contribution < -0.4 is 10.6 Å². The molecule has 76 valence electrons. The van der Waals surface area contributed by atoms with Gasteiger partial charge in [0.05, 0.1) is 5.69 Å². The van der Waals surface area contributed by atoms with Crippen molar-refractivity contribution in [2.45, 2.75) is 13.3 Å². The lowest BCUT2D eigenvalue weighted by Gasteiger charge is -2.07. The van der Waals surface area contributed by atoms with Crippen LogP contribution in [0.2, 0.25) is 0 Å². The molecule has 0 aliphatic heterocycles. The van der Waals surface area contributed by atoms with Crippen LogP contribution in [0, 0.1) is 3.57 Å². The highest BCUT2D eigenvalue weighted by Crippen LogP contribution is 2.16. The lowest BCUT2D eigenvalue weighted by Crippen LogP contribution is -2.29. The van der Waals surface area contributed by atoms with Gasteiger partial charge in [-0.3, -0.25) is 0 Å². The van der Waals surface area contributed by atoms with Crippen molar-refractivity contribution in [3.05, 3.63) is 27.8 Å². The number of anilines is 1. The zero-order valence-electron chi connectivity index (χ0n) is 8.01. The maximum absolute atomic E-state index is 11.3. The normalized spacial score (nSPS) is 9.57. The first-order valence-electron chi connectivity index (χ1n) is 4.53. The first-order chi connectivity index (χ1) is 6.74. The third-order valence-corrected chi connectivity index (χ3v) is 2.60. The highest BCUT2D eigenvalue weighted by molar-refractivity contribution is 14.1. The molecule has 0 atom stereocenters. The topological polar surface area (TPSA) is 41.1 Å². The molecule has 0 fully saturated rings. The summed E-state index contributed by atoms with van der Waals surface area (Å²) in [5.41, 5.74) is 0.849. The summed E-state index contributed by atoms with van der Waals surface area (Å²) in [5.74, 6) is 0. The van der Waals surface area contributed by atoms with Gasteiger partial charge in [-0.25, -0.2) is 4.79 Å². The summed E-state index contributed by atoms with van der Waals surface area (Å²) in [6.07, 6.45) is 0.944. The summed E-state index contributed by atoms with van der Waals surface area (Å²) >= 11 is 2.19. The molecular weight excluding hydrogens is 291 g/mol. The van der Waals surface area contributed by atoms with Crippen molar-refractivity contribution < 1.29 is 4.79 Å². The predicted molar refractivity (Wildman–Crippen MR) is 66.5 cm³/mol. The Bertz CT molecular complexity index is 315. The number of para-hydroxylation sites is 1. The van der Waals surface area contributed by atoms with E-state index in [0.29, 0.717) is 6.54 Å². The number of urea groups is 1. The van der Waals surface area contributed by atoms with Crippen molar-refractivity contribution >= 4 is 34.3 Å². The molecule has 14 heavy (non-hydrogen) atoms. The minimum Gasteiger partial charge on any atom is -0.338 e. The number of carbonyl (C=O) groups excluding carboxylic acids is 1. The molecule has 0 radical (unpaired) electrons. The van der Waals surface area contributed by atoms with Crippen LogP contribution in [0.4, 0.5) is 10.5 Å². The largest absolute Gasteiger partial charge is 0.338 e. The predicted octanol–water partition coefficient (Wildman–Crippen LogP) is 2.82.